The first kappa shape index (κ1) is 18.4. The van der Waals surface area contributed by atoms with E-state index >= 15 is 0 Å². The minimum absolute atomic E-state index is 0.0821. The highest BCUT2D eigenvalue weighted by Gasteiger charge is 2.24. The molecule has 0 fully saturated rings. The largest absolute Gasteiger partial charge is 0.337 e. The molecule has 134 valence electrons. The lowest BCUT2D eigenvalue weighted by molar-refractivity contribution is 0.0667. The van der Waals surface area contributed by atoms with Crippen molar-refractivity contribution in [1.82, 2.24) is 15.0 Å². The van der Waals surface area contributed by atoms with E-state index in [2.05, 4.69) is 10.1 Å². The van der Waals surface area contributed by atoms with Gasteiger partial charge in [0.2, 0.25) is 11.7 Å². The second-order valence-electron chi connectivity index (χ2n) is 6.03. The maximum Gasteiger partial charge on any atom is 0.256 e. The van der Waals surface area contributed by atoms with Gasteiger partial charge in [0, 0.05) is 16.6 Å². The lowest BCUT2D eigenvalue weighted by Crippen LogP contribution is -2.36. The molecule has 5 nitrogen and oxygen atoms in total. The fraction of sp³-hybridized carbons (Fsp3) is 0.211. The number of hydrogen-bond acceptors (Lipinski definition) is 4. The second kappa shape index (κ2) is 7.89. The van der Waals surface area contributed by atoms with Crippen molar-refractivity contribution in [2.24, 2.45) is 0 Å². The van der Waals surface area contributed by atoms with Gasteiger partial charge in [0.05, 0.1) is 10.6 Å². The third kappa shape index (κ3) is 4.06. The molecule has 0 bridgehead atoms. The topological polar surface area (TPSA) is 59.2 Å². The van der Waals surface area contributed by atoms with Crippen LogP contribution in [-0.2, 0) is 6.54 Å². The minimum Gasteiger partial charge on any atom is -0.337 e. The van der Waals surface area contributed by atoms with Crippen LogP contribution in [0.2, 0.25) is 10.0 Å². The van der Waals surface area contributed by atoms with E-state index < -0.39 is 0 Å². The van der Waals surface area contributed by atoms with E-state index in [1.165, 1.54) is 0 Å². The molecule has 1 heterocycles. The van der Waals surface area contributed by atoms with Gasteiger partial charge < -0.3 is 9.42 Å². The molecule has 26 heavy (non-hydrogen) atoms. The molecule has 0 aliphatic carbocycles. The second-order valence-corrected chi connectivity index (χ2v) is 6.87. The highest BCUT2D eigenvalue weighted by molar-refractivity contribution is 6.36. The number of amides is 1. The van der Waals surface area contributed by atoms with Gasteiger partial charge >= 0.3 is 0 Å². The van der Waals surface area contributed by atoms with Gasteiger partial charge in [-0.2, -0.15) is 4.98 Å². The van der Waals surface area contributed by atoms with Gasteiger partial charge in [0.25, 0.3) is 5.91 Å². The molecule has 2 aromatic carbocycles. The molecule has 1 amide bonds. The fourth-order valence-corrected chi connectivity index (χ4v) is 2.97. The number of rotatable bonds is 5. The van der Waals surface area contributed by atoms with E-state index in [-0.39, 0.29) is 18.5 Å². The SMILES string of the molecule is CC(C)N(Cc1nc(-c2ccccc2)no1)C(=O)c1ccc(Cl)cc1Cl. The Hall–Kier alpha value is -2.37. The first-order chi connectivity index (χ1) is 12.5. The van der Waals surface area contributed by atoms with Crippen LogP contribution in [-0.4, -0.2) is 27.0 Å². The van der Waals surface area contributed by atoms with Crippen LogP contribution in [0, 0.1) is 0 Å². The summed E-state index contributed by atoms with van der Waals surface area (Å²) in [7, 11) is 0. The van der Waals surface area contributed by atoms with Crippen LogP contribution in [0.3, 0.4) is 0 Å². The Balaban J connectivity index is 1.83. The molecule has 3 rings (SSSR count). The summed E-state index contributed by atoms with van der Waals surface area (Å²) in [6.07, 6.45) is 0. The smallest absolute Gasteiger partial charge is 0.256 e. The predicted octanol–water partition coefficient (Wildman–Crippen LogP) is 5.09. The van der Waals surface area contributed by atoms with Crippen molar-refractivity contribution < 1.29 is 9.32 Å². The normalized spacial score (nSPS) is 11.0. The average molecular weight is 390 g/mol. The molecule has 7 heteroatoms. The summed E-state index contributed by atoms with van der Waals surface area (Å²) >= 11 is 12.1. The van der Waals surface area contributed by atoms with E-state index in [4.69, 9.17) is 27.7 Å². The van der Waals surface area contributed by atoms with Crippen LogP contribution in [0.5, 0.6) is 0 Å². The van der Waals surface area contributed by atoms with E-state index in [1.807, 2.05) is 44.2 Å². The Morgan fingerprint density at radius 2 is 1.88 bits per heavy atom. The molecule has 0 saturated carbocycles. The number of benzene rings is 2. The van der Waals surface area contributed by atoms with Gasteiger partial charge in [-0.1, -0.05) is 58.7 Å². The van der Waals surface area contributed by atoms with Crippen LogP contribution in [0.4, 0.5) is 0 Å². The Bertz CT molecular complexity index is 910. The number of nitrogens with zero attached hydrogens (tertiary/aromatic N) is 3. The molecule has 1 aromatic heterocycles. The molecule has 0 unspecified atom stereocenters. The monoisotopic (exact) mass is 389 g/mol. The summed E-state index contributed by atoms with van der Waals surface area (Å²) in [4.78, 5) is 18.9. The number of hydrogen-bond donors (Lipinski definition) is 0. The fourth-order valence-electron chi connectivity index (χ4n) is 2.48. The Morgan fingerprint density at radius 3 is 2.54 bits per heavy atom. The van der Waals surface area contributed by atoms with E-state index in [1.54, 1.807) is 23.1 Å². The first-order valence-corrected chi connectivity index (χ1v) is 8.85. The summed E-state index contributed by atoms with van der Waals surface area (Å²) in [6.45, 7) is 4.02. The van der Waals surface area contributed by atoms with Crippen molar-refractivity contribution in [1.29, 1.82) is 0 Å². The zero-order valence-electron chi connectivity index (χ0n) is 14.3. The van der Waals surface area contributed by atoms with Gasteiger partial charge in [0.1, 0.15) is 6.54 Å². The van der Waals surface area contributed by atoms with E-state index in [9.17, 15) is 4.79 Å². The summed E-state index contributed by atoms with van der Waals surface area (Å²) in [5, 5.41) is 4.78. The number of aromatic nitrogens is 2. The minimum atomic E-state index is -0.221. The summed E-state index contributed by atoms with van der Waals surface area (Å²) < 4.78 is 5.33. The zero-order valence-corrected chi connectivity index (χ0v) is 15.8. The zero-order chi connectivity index (χ0) is 18.7. The van der Waals surface area contributed by atoms with Gasteiger partial charge in [0.15, 0.2) is 0 Å². The molecule has 0 N–H and O–H groups in total. The molecular weight excluding hydrogens is 373 g/mol. The Morgan fingerprint density at radius 1 is 1.15 bits per heavy atom. The summed E-state index contributed by atoms with van der Waals surface area (Å²) in [5.41, 5.74) is 1.23. The third-order valence-electron chi connectivity index (χ3n) is 3.85. The molecular formula is C19H17Cl2N3O2. The predicted molar refractivity (Wildman–Crippen MR) is 101 cm³/mol. The maximum absolute atomic E-state index is 12.9. The highest BCUT2D eigenvalue weighted by Crippen LogP contribution is 2.24. The van der Waals surface area contributed by atoms with Crippen LogP contribution < -0.4 is 0 Å². The lowest BCUT2D eigenvalue weighted by Gasteiger charge is -2.25. The van der Waals surface area contributed by atoms with Gasteiger partial charge in [-0.3, -0.25) is 4.79 Å². The Kier molecular flexibility index (Phi) is 5.59. The van der Waals surface area contributed by atoms with E-state index in [0.717, 1.165) is 5.56 Å². The van der Waals surface area contributed by atoms with Crippen LogP contribution in [0.1, 0.15) is 30.1 Å². The first-order valence-electron chi connectivity index (χ1n) is 8.09. The van der Waals surface area contributed by atoms with Crippen molar-refractivity contribution >= 4 is 29.1 Å². The lowest BCUT2D eigenvalue weighted by atomic mass is 10.1. The highest BCUT2D eigenvalue weighted by atomic mass is 35.5. The van der Waals surface area contributed by atoms with Crippen molar-refractivity contribution in [2.45, 2.75) is 26.4 Å². The summed E-state index contributed by atoms with van der Waals surface area (Å²) in [6, 6.07) is 14.2. The number of halogens is 2. The Labute approximate surface area is 161 Å². The van der Waals surface area contributed by atoms with E-state index in [0.29, 0.717) is 27.3 Å². The molecule has 0 spiro atoms. The van der Waals surface area contributed by atoms with Crippen LogP contribution in [0.25, 0.3) is 11.4 Å². The molecule has 0 aliphatic rings. The third-order valence-corrected chi connectivity index (χ3v) is 4.40. The molecule has 0 radical (unpaired) electrons. The van der Waals surface area contributed by atoms with Crippen LogP contribution in [0.15, 0.2) is 53.1 Å². The van der Waals surface area contributed by atoms with Gasteiger partial charge in [-0.15, -0.1) is 0 Å². The van der Waals surface area contributed by atoms with Gasteiger partial charge in [-0.05, 0) is 32.0 Å². The molecule has 0 aliphatic heterocycles. The number of carbonyl (C=O) groups is 1. The van der Waals surface area contributed by atoms with Crippen LogP contribution >= 0.6 is 23.2 Å². The van der Waals surface area contributed by atoms with Crippen molar-refractivity contribution in [3.05, 3.63) is 70.0 Å². The van der Waals surface area contributed by atoms with Crippen molar-refractivity contribution in [3.8, 4) is 11.4 Å². The standard InChI is InChI=1S/C19H17Cl2N3O2/c1-12(2)24(19(25)15-9-8-14(20)10-16(15)21)11-17-22-18(23-26-17)13-6-4-3-5-7-13/h3-10,12H,11H2,1-2H3. The molecule has 3 aromatic rings. The maximum atomic E-state index is 12.9. The van der Waals surface area contributed by atoms with Crippen molar-refractivity contribution in [2.75, 3.05) is 0 Å². The quantitative estimate of drug-likeness (QED) is 0.609. The van der Waals surface area contributed by atoms with Gasteiger partial charge in [-0.25, -0.2) is 0 Å². The number of carbonyl (C=O) groups excluding carboxylic acids is 1. The molecule has 0 atom stereocenters. The summed E-state index contributed by atoms with van der Waals surface area (Å²) in [5.74, 6) is 0.624. The van der Waals surface area contributed by atoms with Crippen molar-refractivity contribution in [3.63, 3.8) is 0 Å². The molecule has 0 saturated heterocycles. The average Bonchev–Trinajstić information content (AvgIpc) is 3.08.